The van der Waals surface area contributed by atoms with Gasteiger partial charge in [0.2, 0.25) is 0 Å². The van der Waals surface area contributed by atoms with Gasteiger partial charge in [0.05, 0.1) is 0 Å². The Hall–Kier alpha value is -2.96. The van der Waals surface area contributed by atoms with Gasteiger partial charge in [0.25, 0.3) is 0 Å². The number of benzene rings is 3. The normalized spacial score (nSPS) is 13.4. The molecule has 0 saturated carbocycles. The van der Waals surface area contributed by atoms with Gasteiger partial charge in [-0.05, 0) is 0 Å². The zero-order chi connectivity index (χ0) is 27.0. The molecule has 0 aliphatic rings. The maximum absolute atomic E-state index is 7.47. The molecule has 0 aliphatic heterocycles. The van der Waals surface area contributed by atoms with Crippen LogP contribution in [0.5, 0.6) is 0 Å². The van der Waals surface area contributed by atoms with Crippen LogP contribution < -0.4 is 0 Å². The number of fused-ring (bicyclic) bond motifs is 1. The molecule has 2 heterocycles. The number of allylic oxidation sites excluding steroid dienone is 1. The quantitative estimate of drug-likeness (QED) is 0.175. The van der Waals surface area contributed by atoms with Crippen molar-refractivity contribution in [3.63, 3.8) is 0 Å². The SMILES string of the molecule is Cc1cc(C)c(-c2cccc3cn(-c4c(C)cc(C)cc4C)[c](=[Pd-2]([Cl])[CH2]C=Cc4ccccc4)n23)c(C)c1. The first kappa shape index (κ1) is 26.6. The van der Waals surface area contributed by atoms with Gasteiger partial charge in [0.15, 0.2) is 0 Å². The van der Waals surface area contributed by atoms with E-state index in [1.807, 2.05) is 6.07 Å². The molecule has 3 aromatic carbocycles. The molecule has 4 heteroatoms. The van der Waals surface area contributed by atoms with Gasteiger partial charge in [-0.1, -0.05) is 0 Å². The summed E-state index contributed by atoms with van der Waals surface area (Å²) in [6.45, 7) is 13.2. The van der Waals surface area contributed by atoms with Crippen molar-refractivity contribution in [3.8, 4) is 16.9 Å². The molecule has 0 spiro atoms. The number of halogens is 1. The van der Waals surface area contributed by atoms with Crippen LogP contribution in [0.25, 0.3) is 28.5 Å². The Balaban J connectivity index is 1.83. The number of nitrogens with zero attached hydrogens (tertiary/aromatic N) is 2. The van der Waals surface area contributed by atoms with Crippen LogP contribution in [0.4, 0.5) is 0 Å². The Morgan fingerprint density at radius 2 is 1.34 bits per heavy atom. The van der Waals surface area contributed by atoms with E-state index in [0.717, 1.165) is 10.4 Å². The second-order valence-corrected chi connectivity index (χ2v) is 14.4. The van der Waals surface area contributed by atoms with Gasteiger partial charge in [-0.25, -0.2) is 0 Å². The summed E-state index contributed by atoms with van der Waals surface area (Å²) >= 11 is -1.67. The molecule has 0 saturated heterocycles. The maximum atomic E-state index is 7.47. The van der Waals surface area contributed by atoms with E-state index in [-0.39, 0.29) is 0 Å². The Bertz CT molecular complexity index is 1710. The molecular weight excluding hydrogens is 578 g/mol. The number of hydrogen-bond donors (Lipinski definition) is 0. The van der Waals surface area contributed by atoms with Crippen molar-refractivity contribution in [2.24, 2.45) is 0 Å². The van der Waals surface area contributed by atoms with Crippen LogP contribution in [0.1, 0.15) is 38.9 Å². The van der Waals surface area contributed by atoms with Crippen molar-refractivity contribution in [2.75, 3.05) is 0 Å². The van der Waals surface area contributed by atoms with Gasteiger partial charge >= 0.3 is 237 Å². The van der Waals surface area contributed by atoms with Crippen LogP contribution in [-0.4, -0.2) is 8.97 Å². The third-order valence-electron chi connectivity index (χ3n) is 6.90. The zero-order valence-electron chi connectivity index (χ0n) is 23.0. The first-order valence-corrected chi connectivity index (χ1v) is 16.8. The van der Waals surface area contributed by atoms with Crippen molar-refractivity contribution in [1.29, 1.82) is 0 Å². The van der Waals surface area contributed by atoms with E-state index in [0.29, 0.717) is 0 Å². The number of hydrogen-bond acceptors (Lipinski definition) is 0. The topological polar surface area (TPSA) is 9.34 Å². The molecule has 0 aliphatic carbocycles. The number of aryl methyl sites for hydroxylation is 6. The Morgan fingerprint density at radius 1 is 0.737 bits per heavy atom. The molecule has 2 aromatic heterocycles. The second-order valence-electron chi connectivity index (χ2n) is 10.1. The van der Waals surface area contributed by atoms with Crippen molar-refractivity contribution in [3.05, 3.63) is 128 Å². The summed E-state index contributed by atoms with van der Waals surface area (Å²) in [5, 5.41) is 0. The van der Waals surface area contributed by atoms with E-state index < -0.39 is 15.3 Å². The summed E-state index contributed by atoms with van der Waals surface area (Å²) in [6.07, 6.45) is 6.71. The Labute approximate surface area is 235 Å². The molecule has 5 aromatic rings. The number of rotatable bonds is 5. The van der Waals surface area contributed by atoms with Crippen LogP contribution >= 0.6 is 9.53 Å². The third kappa shape index (κ3) is 5.17. The monoisotopic (exact) mass is 612 g/mol. The molecule has 0 bridgehead atoms. The van der Waals surface area contributed by atoms with E-state index in [2.05, 4.69) is 136 Å². The average molecular weight is 614 g/mol. The summed E-state index contributed by atoms with van der Waals surface area (Å²) < 4.78 is 6.00. The zero-order valence-corrected chi connectivity index (χ0v) is 25.3. The molecule has 38 heavy (non-hydrogen) atoms. The fraction of sp³-hybridized carbons (Fsp3) is 0.206. The van der Waals surface area contributed by atoms with E-state index in [4.69, 9.17) is 9.53 Å². The van der Waals surface area contributed by atoms with Crippen LogP contribution in [-0.2, 0) is 15.3 Å². The molecule has 0 N–H and O–H groups in total. The fourth-order valence-electron chi connectivity index (χ4n) is 5.61. The van der Waals surface area contributed by atoms with E-state index in [1.54, 1.807) is 0 Å². The van der Waals surface area contributed by atoms with E-state index in [1.165, 1.54) is 59.8 Å². The van der Waals surface area contributed by atoms with Crippen LogP contribution in [0.2, 0.25) is 4.89 Å². The van der Waals surface area contributed by atoms with Gasteiger partial charge in [-0.2, -0.15) is 0 Å². The summed E-state index contributed by atoms with van der Waals surface area (Å²) in [5.41, 5.74) is 13.8. The predicted molar refractivity (Wildman–Crippen MR) is 160 cm³/mol. The molecule has 2 nitrogen and oxygen atoms in total. The van der Waals surface area contributed by atoms with Gasteiger partial charge in [-0.3, -0.25) is 0 Å². The number of aromatic nitrogens is 2. The molecule has 0 atom stereocenters. The van der Waals surface area contributed by atoms with Crippen molar-refractivity contribution < 1.29 is 15.3 Å². The first-order chi connectivity index (χ1) is 18.2. The molecule has 200 valence electrons. The molecular formula is C34H35ClN2Pd-2. The molecule has 0 unspecified atom stereocenters. The van der Waals surface area contributed by atoms with E-state index >= 15 is 0 Å². The second kappa shape index (κ2) is 11.0. The van der Waals surface area contributed by atoms with Gasteiger partial charge in [0.1, 0.15) is 0 Å². The minimum atomic E-state index is -1.67. The van der Waals surface area contributed by atoms with E-state index in [9.17, 15) is 0 Å². The van der Waals surface area contributed by atoms with Crippen molar-refractivity contribution in [1.82, 2.24) is 8.97 Å². The van der Waals surface area contributed by atoms with Crippen molar-refractivity contribution >= 4 is 21.1 Å². The van der Waals surface area contributed by atoms with Gasteiger partial charge < -0.3 is 0 Å². The minimum absolute atomic E-state index is 0.832. The Morgan fingerprint density at radius 3 is 1.97 bits per heavy atom. The predicted octanol–water partition coefficient (Wildman–Crippen LogP) is 9.68. The van der Waals surface area contributed by atoms with Gasteiger partial charge in [0, 0.05) is 0 Å². The third-order valence-corrected chi connectivity index (χ3v) is 10.5. The average Bonchev–Trinajstić information content (AvgIpc) is 3.23. The van der Waals surface area contributed by atoms with Crippen molar-refractivity contribution in [2.45, 2.75) is 46.4 Å². The fourth-order valence-corrected chi connectivity index (χ4v) is 8.83. The summed E-state index contributed by atoms with van der Waals surface area (Å²) in [6, 6.07) is 26.2. The standard InChI is InChI=1S/C25H26N2.C9H9.ClH.Pd/c1-16-10-18(3)24(19(4)11-16)23-9-7-8-22-14-26(15-27(22)23)25-20(5)12-17(2)13-21(25)6;1-2-6-9-7-4-3-5-8-9;;/h7-14H,1-6H3;2-8H,1H2;1H;/q;;;-1/p-1. The molecule has 5 rings (SSSR count). The number of pyridine rings is 1. The summed E-state index contributed by atoms with van der Waals surface area (Å²) in [5.74, 6) is 0. The van der Waals surface area contributed by atoms with Crippen LogP contribution in [0.15, 0.2) is 85.1 Å². The molecule has 0 amide bonds. The summed E-state index contributed by atoms with van der Waals surface area (Å²) in [7, 11) is 7.47. The number of imidazole rings is 1. The van der Waals surface area contributed by atoms with Crippen LogP contribution in [0, 0.1) is 45.4 Å². The van der Waals surface area contributed by atoms with Crippen LogP contribution in [0.3, 0.4) is 0 Å². The molecule has 0 fully saturated rings. The first-order valence-electron chi connectivity index (χ1n) is 12.9. The Kier molecular flexibility index (Phi) is 7.73. The summed E-state index contributed by atoms with van der Waals surface area (Å²) in [4.78, 5) is 0.832. The van der Waals surface area contributed by atoms with Gasteiger partial charge in [-0.15, -0.1) is 0 Å². The molecule has 0 radical (unpaired) electrons.